The average molecular weight is 314 g/mol. The van der Waals surface area contributed by atoms with Gasteiger partial charge in [-0.25, -0.2) is 4.98 Å². The molecule has 0 aliphatic rings. The molecule has 1 aromatic heterocycles. The molecule has 7 heteroatoms. The van der Waals surface area contributed by atoms with E-state index in [1.165, 1.54) is 11.8 Å². The number of oxime groups is 1. The van der Waals surface area contributed by atoms with Crippen LogP contribution in [0.3, 0.4) is 0 Å². The molecule has 0 aliphatic carbocycles. The van der Waals surface area contributed by atoms with E-state index < -0.39 is 0 Å². The number of rotatable bonds is 3. The molecular formula is C12H9Cl2N3OS. The molecule has 1 heterocycles. The quantitative estimate of drug-likeness (QED) is 0.393. The van der Waals surface area contributed by atoms with E-state index in [-0.39, 0.29) is 5.84 Å². The molecule has 0 saturated heterocycles. The Kier molecular flexibility index (Phi) is 4.52. The lowest BCUT2D eigenvalue weighted by atomic mass is 10.2. The second-order valence-corrected chi connectivity index (χ2v) is 5.40. The van der Waals surface area contributed by atoms with Crippen molar-refractivity contribution in [3.05, 3.63) is 52.1 Å². The van der Waals surface area contributed by atoms with Crippen LogP contribution in [0.5, 0.6) is 0 Å². The van der Waals surface area contributed by atoms with Crippen LogP contribution >= 0.6 is 35.0 Å². The number of hydrogen-bond donors (Lipinski definition) is 2. The minimum Gasteiger partial charge on any atom is -0.409 e. The van der Waals surface area contributed by atoms with Gasteiger partial charge in [-0.3, -0.25) is 0 Å². The van der Waals surface area contributed by atoms with Crippen molar-refractivity contribution >= 4 is 40.8 Å². The SMILES string of the molecule is N/C(=N/O)c1ccnc(Sc2ccc(Cl)cc2)c1Cl. The average Bonchev–Trinajstić information content (AvgIpc) is 2.43. The third-order valence-electron chi connectivity index (χ3n) is 2.27. The lowest BCUT2D eigenvalue weighted by Gasteiger charge is -2.07. The molecule has 0 spiro atoms. The van der Waals surface area contributed by atoms with Crippen LogP contribution in [0, 0.1) is 0 Å². The summed E-state index contributed by atoms with van der Waals surface area (Å²) in [6.07, 6.45) is 1.55. The molecular weight excluding hydrogens is 305 g/mol. The van der Waals surface area contributed by atoms with E-state index in [9.17, 15) is 0 Å². The molecule has 19 heavy (non-hydrogen) atoms. The van der Waals surface area contributed by atoms with Crippen molar-refractivity contribution in [1.82, 2.24) is 4.98 Å². The van der Waals surface area contributed by atoms with Gasteiger partial charge in [-0.2, -0.15) is 0 Å². The smallest absolute Gasteiger partial charge is 0.171 e. The van der Waals surface area contributed by atoms with E-state index >= 15 is 0 Å². The first-order valence-electron chi connectivity index (χ1n) is 5.17. The van der Waals surface area contributed by atoms with Crippen LogP contribution in [0.2, 0.25) is 10.0 Å². The van der Waals surface area contributed by atoms with Gasteiger partial charge in [0, 0.05) is 21.7 Å². The molecule has 0 unspecified atom stereocenters. The van der Waals surface area contributed by atoms with Crippen molar-refractivity contribution < 1.29 is 5.21 Å². The lowest BCUT2D eigenvalue weighted by Crippen LogP contribution is -2.14. The van der Waals surface area contributed by atoms with Crippen molar-refractivity contribution in [2.75, 3.05) is 0 Å². The fraction of sp³-hybridized carbons (Fsp3) is 0. The predicted octanol–water partition coefficient (Wildman–Crippen LogP) is 3.63. The zero-order chi connectivity index (χ0) is 13.8. The number of pyridine rings is 1. The Morgan fingerprint density at radius 1 is 1.21 bits per heavy atom. The fourth-order valence-electron chi connectivity index (χ4n) is 1.36. The minimum absolute atomic E-state index is 0.0506. The van der Waals surface area contributed by atoms with Gasteiger partial charge in [0.25, 0.3) is 0 Å². The molecule has 2 aromatic rings. The van der Waals surface area contributed by atoms with Gasteiger partial charge in [-0.1, -0.05) is 40.1 Å². The van der Waals surface area contributed by atoms with Crippen LogP contribution in [0.4, 0.5) is 0 Å². The van der Waals surface area contributed by atoms with E-state index in [0.717, 1.165) is 4.90 Å². The molecule has 1 aromatic carbocycles. The highest BCUT2D eigenvalue weighted by atomic mass is 35.5. The third-order valence-corrected chi connectivity index (χ3v) is 4.03. The molecule has 3 N–H and O–H groups in total. The number of aromatic nitrogens is 1. The van der Waals surface area contributed by atoms with Gasteiger partial charge in [0.15, 0.2) is 5.84 Å². The highest BCUT2D eigenvalue weighted by molar-refractivity contribution is 7.99. The Labute approximate surface area is 124 Å². The molecule has 0 bridgehead atoms. The van der Waals surface area contributed by atoms with E-state index in [1.807, 2.05) is 12.1 Å². The van der Waals surface area contributed by atoms with E-state index in [1.54, 1.807) is 24.4 Å². The van der Waals surface area contributed by atoms with Crippen LogP contribution < -0.4 is 5.73 Å². The molecule has 0 aliphatic heterocycles. The van der Waals surface area contributed by atoms with Gasteiger partial charge in [0.05, 0.1) is 5.02 Å². The van der Waals surface area contributed by atoms with Gasteiger partial charge in [-0.05, 0) is 30.3 Å². The summed E-state index contributed by atoms with van der Waals surface area (Å²) in [5.41, 5.74) is 5.98. The first kappa shape index (κ1) is 14.0. The summed E-state index contributed by atoms with van der Waals surface area (Å²) in [7, 11) is 0. The minimum atomic E-state index is -0.0506. The van der Waals surface area contributed by atoms with Gasteiger partial charge in [0.1, 0.15) is 5.03 Å². The lowest BCUT2D eigenvalue weighted by molar-refractivity contribution is 0.318. The summed E-state index contributed by atoms with van der Waals surface area (Å²) in [4.78, 5) is 5.12. The molecule has 0 atom stereocenters. The van der Waals surface area contributed by atoms with E-state index in [2.05, 4.69) is 10.1 Å². The van der Waals surface area contributed by atoms with E-state index in [4.69, 9.17) is 34.1 Å². The molecule has 0 saturated carbocycles. The van der Waals surface area contributed by atoms with Gasteiger partial charge in [-0.15, -0.1) is 0 Å². The topological polar surface area (TPSA) is 71.5 Å². The largest absolute Gasteiger partial charge is 0.409 e. The Balaban J connectivity index is 2.33. The van der Waals surface area contributed by atoms with Gasteiger partial charge in [0.2, 0.25) is 0 Å². The van der Waals surface area contributed by atoms with Crippen LogP contribution in [0.15, 0.2) is 51.6 Å². The zero-order valence-electron chi connectivity index (χ0n) is 9.55. The summed E-state index contributed by atoms with van der Waals surface area (Å²) < 4.78 is 0. The Hall–Kier alpha value is -1.43. The fourth-order valence-corrected chi connectivity index (χ4v) is 2.62. The van der Waals surface area contributed by atoms with Crippen LogP contribution in [-0.2, 0) is 0 Å². The van der Waals surface area contributed by atoms with Crippen molar-refractivity contribution in [3.8, 4) is 0 Å². The number of hydrogen-bond acceptors (Lipinski definition) is 4. The Bertz CT molecular complexity index is 617. The Morgan fingerprint density at radius 3 is 2.53 bits per heavy atom. The summed E-state index contributed by atoms with van der Waals surface area (Å²) in [6, 6.07) is 8.88. The molecule has 98 valence electrons. The maximum atomic E-state index is 8.69. The first-order valence-corrected chi connectivity index (χ1v) is 6.75. The summed E-state index contributed by atoms with van der Waals surface area (Å²) >= 11 is 13.4. The standard InChI is InChI=1S/C12H9Cl2N3OS/c13-7-1-3-8(4-2-7)19-12-10(14)9(5-6-16-12)11(15)17-18/h1-6,18H,(H2,15,17). The number of amidine groups is 1. The maximum absolute atomic E-state index is 8.69. The van der Waals surface area contributed by atoms with Crippen molar-refractivity contribution in [3.63, 3.8) is 0 Å². The molecule has 2 rings (SSSR count). The molecule has 0 fully saturated rings. The van der Waals surface area contributed by atoms with Crippen molar-refractivity contribution in [2.24, 2.45) is 10.9 Å². The second kappa shape index (κ2) is 6.14. The van der Waals surface area contributed by atoms with Crippen LogP contribution in [0.25, 0.3) is 0 Å². The van der Waals surface area contributed by atoms with E-state index in [0.29, 0.717) is 20.6 Å². The zero-order valence-corrected chi connectivity index (χ0v) is 11.9. The predicted molar refractivity (Wildman–Crippen MR) is 77.3 cm³/mol. The van der Waals surface area contributed by atoms with Crippen LogP contribution in [0.1, 0.15) is 5.56 Å². The first-order chi connectivity index (χ1) is 9.11. The number of halogens is 2. The summed E-state index contributed by atoms with van der Waals surface area (Å²) in [5, 5.41) is 13.2. The highest BCUT2D eigenvalue weighted by Gasteiger charge is 2.12. The van der Waals surface area contributed by atoms with Crippen LogP contribution in [-0.4, -0.2) is 16.0 Å². The third kappa shape index (κ3) is 3.32. The maximum Gasteiger partial charge on any atom is 0.171 e. The van der Waals surface area contributed by atoms with Gasteiger partial charge < -0.3 is 10.9 Å². The monoisotopic (exact) mass is 313 g/mol. The van der Waals surface area contributed by atoms with Crippen molar-refractivity contribution in [2.45, 2.75) is 9.92 Å². The second-order valence-electron chi connectivity index (χ2n) is 3.52. The summed E-state index contributed by atoms with van der Waals surface area (Å²) in [5.74, 6) is -0.0506. The van der Waals surface area contributed by atoms with Crippen molar-refractivity contribution in [1.29, 1.82) is 0 Å². The van der Waals surface area contributed by atoms with Gasteiger partial charge >= 0.3 is 0 Å². The summed E-state index contributed by atoms with van der Waals surface area (Å²) in [6.45, 7) is 0. The Morgan fingerprint density at radius 2 is 1.89 bits per heavy atom. The molecule has 0 radical (unpaired) electrons. The highest BCUT2D eigenvalue weighted by Crippen LogP contribution is 2.33. The normalized spacial score (nSPS) is 11.6. The molecule has 4 nitrogen and oxygen atoms in total. The number of benzene rings is 1. The number of nitrogens with two attached hydrogens (primary N) is 1. The number of nitrogens with zero attached hydrogens (tertiary/aromatic N) is 2. The molecule has 0 amide bonds.